The molecular weight excluding hydrogens is 390 g/mol. The third-order valence-corrected chi connectivity index (χ3v) is 5.13. The Bertz CT molecular complexity index is 983. The van der Waals surface area contributed by atoms with Gasteiger partial charge in [0.25, 0.3) is 0 Å². The van der Waals surface area contributed by atoms with Gasteiger partial charge in [0.15, 0.2) is 0 Å². The molecule has 1 aromatic heterocycles. The molecule has 1 unspecified atom stereocenters. The lowest BCUT2D eigenvalue weighted by Crippen LogP contribution is -2.51. The van der Waals surface area contributed by atoms with Crippen LogP contribution in [0.25, 0.3) is 10.9 Å². The van der Waals surface area contributed by atoms with Crippen molar-refractivity contribution < 1.29 is 29.3 Å². The Hall–Kier alpha value is -3.07. The highest BCUT2D eigenvalue weighted by atomic mass is 16.6. The maximum absolute atomic E-state index is 12.3. The van der Waals surface area contributed by atoms with Gasteiger partial charge in [-0.15, -0.1) is 0 Å². The number of piperazine rings is 1. The molecule has 9 heteroatoms. The number of hydrogen-bond donors (Lipinski definition) is 2. The summed E-state index contributed by atoms with van der Waals surface area (Å²) in [5, 5.41) is 19.9. The van der Waals surface area contributed by atoms with Crippen LogP contribution in [0.3, 0.4) is 0 Å². The van der Waals surface area contributed by atoms with Crippen molar-refractivity contribution in [1.82, 2.24) is 14.4 Å². The van der Waals surface area contributed by atoms with Gasteiger partial charge in [0.1, 0.15) is 11.6 Å². The second kappa shape index (κ2) is 7.98. The molecule has 1 aliphatic heterocycles. The zero-order valence-corrected chi connectivity index (χ0v) is 17.6. The molecule has 1 atom stereocenters. The lowest BCUT2D eigenvalue weighted by molar-refractivity contribution is -0.144. The molecule has 9 nitrogen and oxygen atoms in total. The number of aromatic carboxylic acids is 1. The molecule has 0 bridgehead atoms. The summed E-state index contributed by atoms with van der Waals surface area (Å²) in [7, 11) is 1.80. The van der Waals surface area contributed by atoms with E-state index in [0.717, 1.165) is 5.52 Å². The minimum Gasteiger partial charge on any atom is -0.480 e. The molecule has 2 aromatic rings. The van der Waals surface area contributed by atoms with E-state index < -0.39 is 29.7 Å². The minimum absolute atomic E-state index is 0.105. The number of amides is 1. The van der Waals surface area contributed by atoms with Gasteiger partial charge in [-0.2, -0.15) is 0 Å². The Morgan fingerprint density at radius 3 is 2.23 bits per heavy atom. The molecule has 1 aromatic carbocycles. The Kier molecular flexibility index (Phi) is 5.76. The van der Waals surface area contributed by atoms with Gasteiger partial charge in [-0.05, 0) is 39.0 Å². The van der Waals surface area contributed by atoms with Crippen LogP contribution in [0.1, 0.15) is 42.7 Å². The third kappa shape index (κ3) is 4.40. The number of ether oxygens (including phenoxy) is 1. The van der Waals surface area contributed by atoms with Crippen LogP contribution in [0.2, 0.25) is 0 Å². The van der Waals surface area contributed by atoms with Crippen LogP contribution in [-0.4, -0.2) is 74.4 Å². The molecule has 0 radical (unpaired) electrons. The summed E-state index contributed by atoms with van der Waals surface area (Å²) in [6, 6.07) is 3.75. The Balaban J connectivity index is 1.86. The first-order valence-electron chi connectivity index (χ1n) is 9.75. The topological polar surface area (TPSA) is 112 Å². The Morgan fingerprint density at radius 1 is 1.07 bits per heavy atom. The van der Waals surface area contributed by atoms with E-state index in [2.05, 4.69) is 0 Å². The van der Waals surface area contributed by atoms with Crippen LogP contribution in [0.5, 0.6) is 0 Å². The van der Waals surface area contributed by atoms with Gasteiger partial charge in [-0.1, -0.05) is 0 Å². The van der Waals surface area contributed by atoms with Gasteiger partial charge in [-0.25, -0.2) is 9.59 Å². The van der Waals surface area contributed by atoms with Gasteiger partial charge in [0.2, 0.25) is 0 Å². The summed E-state index contributed by atoms with van der Waals surface area (Å²) in [6.07, 6.45) is 1.32. The van der Waals surface area contributed by atoms with Gasteiger partial charge in [-0.3, -0.25) is 9.69 Å². The maximum Gasteiger partial charge on any atom is 0.410 e. The van der Waals surface area contributed by atoms with E-state index in [1.165, 1.54) is 12.1 Å². The smallest absolute Gasteiger partial charge is 0.410 e. The second-order valence-corrected chi connectivity index (χ2v) is 8.48. The molecule has 30 heavy (non-hydrogen) atoms. The number of carboxylic acids is 2. The minimum atomic E-state index is -1.07. The van der Waals surface area contributed by atoms with Crippen LogP contribution >= 0.6 is 0 Å². The van der Waals surface area contributed by atoms with Crippen LogP contribution in [0.4, 0.5) is 4.79 Å². The average Bonchev–Trinajstić information content (AvgIpc) is 2.96. The van der Waals surface area contributed by atoms with Gasteiger partial charge >= 0.3 is 18.0 Å². The fourth-order valence-corrected chi connectivity index (χ4v) is 3.75. The fraction of sp³-hybridized carbons (Fsp3) is 0.476. The summed E-state index contributed by atoms with van der Waals surface area (Å²) in [4.78, 5) is 39.2. The van der Waals surface area contributed by atoms with E-state index in [4.69, 9.17) is 4.74 Å². The first-order valence-corrected chi connectivity index (χ1v) is 9.75. The van der Waals surface area contributed by atoms with E-state index in [1.54, 1.807) is 54.4 Å². The van der Waals surface area contributed by atoms with Gasteiger partial charge in [0, 0.05) is 55.9 Å². The fourth-order valence-electron chi connectivity index (χ4n) is 3.75. The standard InChI is InChI=1S/C21H27N3O6/c1-21(2,3)30-20(29)24-9-7-23(8-10-24)17(19(27)28)15-12-22(4)16-6-5-13(18(25)26)11-14(15)16/h5-6,11-12,17H,7-10H2,1-4H3,(H,25,26)(H,27,28). The second-order valence-electron chi connectivity index (χ2n) is 8.48. The van der Waals surface area contributed by atoms with E-state index >= 15 is 0 Å². The molecule has 1 aliphatic rings. The monoisotopic (exact) mass is 417 g/mol. The number of fused-ring (bicyclic) bond motifs is 1. The molecule has 0 aliphatic carbocycles. The van der Waals surface area contributed by atoms with Crippen molar-refractivity contribution in [3.05, 3.63) is 35.5 Å². The number of aliphatic carboxylic acids is 1. The largest absolute Gasteiger partial charge is 0.480 e. The highest BCUT2D eigenvalue weighted by molar-refractivity contribution is 5.96. The lowest BCUT2D eigenvalue weighted by Gasteiger charge is -2.38. The first kappa shape index (κ1) is 21.6. The summed E-state index contributed by atoms with van der Waals surface area (Å²) in [5.74, 6) is -2.08. The number of aromatic nitrogens is 1. The number of carbonyl (C=O) groups is 3. The zero-order chi connectivity index (χ0) is 22.2. The molecule has 1 amide bonds. The normalized spacial score (nSPS) is 16.5. The SMILES string of the molecule is Cn1cc(C(C(=O)O)N2CCN(C(=O)OC(C)(C)C)CC2)c2cc(C(=O)O)ccc21. The van der Waals surface area contributed by atoms with Crippen LogP contribution < -0.4 is 0 Å². The number of benzene rings is 1. The Morgan fingerprint density at radius 2 is 1.70 bits per heavy atom. The number of hydrogen-bond acceptors (Lipinski definition) is 5. The Labute approximate surface area is 174 Å². The van der Waals surface area contributed by atoms with Crippen molar-refractivity contribution in [3.63, 3.8) is 0 Å². The van der Waals surface area contributed by atoms with E-state index in [0.29, 0.717) is 37.1 Å². The predicted octanol–water partition coefficient (Wildman–Crippen LogP) is 2.55. The van der Waals surface area contributed by atoms with E-state index in [-0.39, 0.29) is 5.56 Å². The third-order valence-electron chi connectivity index (χ3n) is 5.13. The molecule has 2 heterocycles. The number of aryl methyl sites for hydroxylation is 1. The highest BCUT2D eigenvalue weighted by Gasteiger charge is 2.34. The number of nitrogens with zero attached hydrogens (tertiary/aromatic N) is 3. The molecule has 0 saturated carbocycles. The highest BCUT2D eigenvalue weighted by Crippen LogP contribution is 2.32. The molecule has 0 spiro atoms. The lowest BCUT2D eigenvalue weighted by atomic mass is 10.0. The molecular formula is C21H27N3O6. The number of carbonyl (C=O) groups excluding carboxylic acids is 1. The quantitative estimate of drug-likeness (QED) is 0.786. The summed E-state index contributed by atoms with van der Waals surface area (Å²) >= 11 is 0. The average molecular weight is 417 g/mol. The van der Waals surface area contributed by atoms with E-state index in [9.17, 15) is 24.6 Å². The number of carboxylic acid groups (broad SMARTS) is 2. The molecule has 1 saturated heterocycles. The number of rotatable bonds is 4. The molecule has 162 valence electrons. The molecule has 2 N–H and O–H groups in total. The van der Waals surface area contributed by atoms with Gasteiger partial charge in [0.05, 0.1) is 5.56 Å². The van der Waals surface area contributed by atoms with Gasteiger partial charge < -0.3 is 24.4 Å². The van der Waals surface area contributed by atoms with Crippen molar-refractivity contribution >= 4 is 28.9 Å². The summed E-state index contributed by atoms with van der Waals surface area (Å²) in [6.45, 7) is 6.83. The molecule has 3 rings (SSSR count). The van der Waals surface area contributed by atoms with E-state index in [1.807, 2.05) is 0 Å². The first-order chi connectivity index (χ1) is 14.0. The maximum atomic E-state index is 12.3. The predicted molar refractivity (Wildman–Crippen MR) is 110 cm³/mol. The van der Waals surface area contributed by atoms with Crippen molar-refractivity contribution in [2.75, 3.05) is 26.2 Å². The van der Waals surface area contributed by atoms with Crippen molar-refractivity contribution in [2.45, 2.75) is 32.4 Å². The van der Waals surface area contributed by atoms with Crippen LogP contribution in [-0.2, 0) is 16.6 Å². The zero-order valence-electron chi connectivity index (χ0n) is 17.6. The van der Waals surface area contributed by atoms with Crippen molar-refractivity contribution in [2.24, 2.45) is 7.05 Å². The summed E-state index contributed by atoms with van der Waals surface area (Å²) in [5.41, 5.74) is 0.805. The van der Waals surface area contributed by atoms with Crippen LogP contribution in [0, 0.1) is 0 Å². The summed E-state index contributed by atoms with van der Waals surface area (Å²) < 4.78 is 7.19. The van der Waals surface area contributed by atoms with Crippen molar-refractivity contribution in [1.29, 1.82) is 0 Å². The van der Waals surface area contributed by atoms with Crippen molar-refractivity contribution in [3.8, 4) is 0 Å². The van der Waals surface area contributed by atoms with Crippen LogP contribution in [0.15, 0.2) is 24.4 Å². The molecule has 1 fully saturated rings.